The lowest BCUT2D eigenvalue weighted by atomic mass is 10.2. The largest absolute Gasteiger partial charge is 0.366 e. The van der Waals surface area contributed by atoms with Gasteiger partial charge in [-0.15, -0.1) is 11.3 Å². The molecule has 2 aromatic carbocycles. The first-order chi connectivity index (χ1) is 14.3. The van der Waals surface area contributed by atoms with E-state index in [4.69, 9.17) is 5.73 Å². The first kappa shape index (κ1) is 20.9. The first-order valence-electron chi connectivity index (χ1n) is 8.75. The van der Waals surface area contributed by atoms with Crippen LogP contribution in [-0.2, 0) is 9.59 Å². The molecule has 7 nitrogen and oxygen atoms in total. The highest BCUT2D eigenvalue weighted by atomic mass is 32.1. The number of carbonyl (C=O) groups is 3. The summed E-state index contributed by atoms with van der Waals surface area (Å²) in [6, 6.07) is 12.1. The molecule has 0 saturated carbocycles. The Morgan fingerprint density at radius 1 is 1.13 bits per heavy atom. The number of amides is 3. The molecule has 0 fully saturated rings. The minimum Gasteiger partial charge on any atom is -0.366 e. The van der Waals surface area contributed by atoms with Gasteiger partial charge in [0.1, 0.15) is 5.82 Å². The molecular weight excluding hydrogens is 407 g/mol. The lowest BCUT2D eigenvalue weighted by molar-refractivity contribution is -0.116. The number of para-hydroxylation sites is 1. The summed E-state index contributed by atoms with van der Waals surface area (Å²) in [6.07, 6.45) is 2.76. The summed E-state index contributed by atoms with van der Waals surface area (Å²) in [5.41, 5.74) is 6.55. The molecular formula is C21H17FN4O3S. The third-order valence-electron chi connectivity index (χ3n) is 3.95. The Labute approximate surface area is 175 Å². The predicted octanol–water partition coefficient (Wildman–Crippen LogP) is 3.72. The Morgan fingerprint density at radius 2 is 1.83 bits per heavy atom. The summed E-state index contributed by atoms with van der Waals surface area (Å²) in [5.74, 6) is -1.89. The molecule has 0 spiro atoms. The molecule has 0 aliphatic rings. The van der Waals surface area contributed by atoms with Crippen molar-refractivity contribution in [2.45, 2.75) is 6.92 Å². The van der Waals surface area contributed by atoms with E-state index in [1.54, 1.807) is 23.6 Å². The minimum atomic E-state index is -0.554. The van der Waals surface area contributed by atoms with Crippen molar-refractivity contribution in [1.29, 1.82) is 0 Å². The molecule has 0 aliphatic heterocycles. The normalized spacial score (nSPS) is 10.7. The topological polar surface area (TPSA) is 105 Å². The summed E-state index contributed by atoms with van der Waals surface area (Å²) >= 11 is 1.15. The van der Waals surface area contributed by atoms with Crippen LogP contribution in [0, 0.1) is 5.82 Å². The van der Waals surface area contributed by atoms with Crippen LogP contribution in [0.4, 0.5) is 20.9 Å². The van der Waals surface area contributed by atoms with E-state index in [-0.39, 0.29) is 16.7 Å². The molecule has 0 radical (unpaired) electrons. The first-order valence-corrected chi connectivity index (χ1v) is 9.63. The fourth-order valence-corrected chi connectivity index (χ4v) is 3.41. The Kier molecular flexibility index (Phi) is 6.33. The summed E-state index contributed by atoms with van der Waals surface area (Å²) in [6.45, 7) is 1.32. The molecule has 0 saturated heterocycles. The molecule has 3 aromatic rings. The number of thiazole rings is 1. The quantitative estimate of drug-likeness (QED) is 0.588. The number of hydrogen-bond acceptors (Lipinski definition) is 5. The third kappa shape index (κ3) is 4.95. The van der Waals surface area contributed by atoms with Gasteiger partial charge >= 0.3 is 0 Å². The molecule has 9 heteroatoms. The standard InChI is InChI=1S/C21H17FN4O3S/c1-13(27)26(18-5-3-2-4-17(18)22)21-25-16(12-30-21)10-11-19(28)24-15-8-6-14(7-9-15)20(23)29/h2-12H,1H3,(H2,23,29)(H,24,28)/b11-10+. The molecule has 3 N–H and O–H groups in total. The number of hydrogen-bond donors (Lipinski definition) is 2. The zero-order valence-electron chi connectivity index (χ0n) is 15.8. The summed E-state index contributed by atoms with van der Waals surface area (Å²) in [7, 11) is 0. The van der Waals surface area contributed by atoms with Gasteiger partial charge in [-0.1, -0.05) is 12.1 Å². The molecule has 3 amide bonds. The van der Waals surface area contributed by atoms with Crippen molar-refractivity contribution in [2.75, 3.05) is 10.2 Å². The SMILES string of the molecule is CC(=O)N(c1nc(/C=C/C(=O)Nc2ccc(C(N)=O)cc2)cs1)c1ccccc1F. The van der Waals surface area contributed by atoms with Crippen LogP contribution in [0.1, 0.15) is 23.0 Å². The number of nitrogens with two attached hydrogens (primary N) is 1. The maximum absolute atomic E-state index is 14.1. The van der Waals surface area contributed by atoms with Crippen molar-refractivity contribution < 1.29 is 18.8 Å². The fraction of sp³-hybridized carbons (Fsp3) is 0.0476. The smallest absolute Gasteiger partial charge is 0.248 e. The van der Waals surface area contributed by atoms with E-state index in [1.165, 1.54) is 54.3 Å². The minimum absolute atomic E-state index is 0.104. The summed E-state index contributed by atoms with van der Waals surface area (Å²) < 4.78 is 14.1. The van der Waals surface area contributed by atoms with Gasteiger partial charge in [-0.2, -0.15) is 0 Å². The van der Waals surface area contributed by atoms with Crippen molar-refractivity contribution in [3.8, 4) is 0 Å². The maximum atomic E-state index is 14.1. The van der Waals surface area contributed by atoms with Gasteiger partial charge in [-0.25, -0.2) is 9.37 Å². The van der Waals surface area contributed by atoms with Crippen LogP contribution >= 0.6 is 11.3 Å². The number of rotatable bonds is 6. The van der Waals surface area contributed by atoms with Crippen molar-refractivity contribution in [1.82, 2.24) is 4.98 Å². The molecule has 1 aromatic heterocycles. The van der Waals surface area contributed by atoms with Crippen LogP contribution in [0.3, 0.4) is 0 Å². The molecule has 3 rings (SSSR count). The average Bonchev–Trinajstić information content (AvgIpc) is 3.17. The van der Waals surface area contributed by atoms with E-state index in [1.807, 2.05) is 0 Å². The van der Waals surface area contributed by atoms with Crippen LogP contribution in [0.15, 0.2) is 60.0 Å². The van der Waals surface area contributed by atoms with Gasteiger partial charge in [-0.3, -0.25) is 19.3 Å². The highest BCUT2D eigenvalue weighted by Crippen LogP contribution is 2.30. The number of primary amides is 1. The van der Waals surface area contributed by atoms with Crippen molar-refractivity contribution in [3.63, 3.8) is 0 Å². The van der Waals surface area contributed by atoms with Gasteiger partial charge in [0, 0.05) is 29.6 Å². The Bertz CT molecular complexity index is 1130. The van der Waals surface area contributed by atoms with Crippen molar-refractivity contribution in [2.24, 2.45) is 5.73 Å². The number of anilines is 3. The van der Waals surface area contributed by atoms with Crippen LogP contribution < -0.4 is 16.0 Å². The van der Waals surface area contributed by atoms with Crippen molar-refractivity contribution >= 4 is 51.6 Å². The third-order valence-corrected chi connectivity index (χ3v) is 4.80. The number of halogens is 1. The van der Waals surface area contributed by atoms with Crippen LogP contribution in [-0.4, -0.2) is 22.7 Å². The molecule has 0 bridgehead atoms. The maximum Gasteiger partial charge on any atom is 0.248 e. The van der Waals surface area contributed by atoms with E-state index in [2.05, 4.69) is 10.3 Å². The van der Waals surface area contributed by atoms with Crippen LogP contribution in [0.25, 0.3) is 6.08 Å². The predicted molar refractivity (Wildman–Crippen MR) is 114 cm³/mol. The zero-order valence-corrected chi connectivity index (χ0v) is 16.7. The Morgan fingerprint density at radius 3 is 2.47 bits per heavy atom. The monoisotopic (exact) mass is 424 g/mol. The molecule has 0 unspecified atom stereocenters. The summed E-state index contributed by atoms with van der Waals surface area (Å²) in [4.78, 5) is 40.7. The van der Waals surface area contributed by atoms with Gasteiger partial charge in [0.2, 0.25) is 17.7 Å². The van der Waals surface area contributed by atoms with Gasteiger partial charge in [-0.05, 0) is 42.5 Å². The second-order valence-corrected chi connectivity index (χ2v) is 6.96. The van der Waals surface area contributed by atoms with Gasteiger partial charge in [0.25, 0.3) is 0 Å². The number of carbonyl (C=O) groups excluding carboxylic acids is 3. The number of benzene rings is 2. The van der Waals surface area contributed by atoms with Crippen LogP contribution in [0.2, 0.25) is 0 Å². The molecule has 1 heterocycles. The van der Waals surface area contributed by atoms with Gasteiger partial charge in [0.05, 0.1) is 11.4 Å². The Balaban J connectivity index is 1.71. The van der Waals surface area contributed by atoms with E-state index >= 15 is 0 Å². The molecule has 30 heavy (non-hydrogen) atoms. The van der Waals surface area contributed by atoms with Gasteiger partial charge < -0.3 is 11.1 Å². The summed E-state index contributed by atoms with van der Waals surface area (Å²) in [5, 5.41) is 4.58. The second kappa shape index (κ2) is 9.10. The lowest BCUT2D eigenvalue weighted by Gasteiger charge is -2.18. The lowest BCUT2D eigenvalue weighted by Crippen LogP contribution is -2.23. The fourth-order valence-electron chi connectivity index (χ4n) is 2.56. The molecule has 152 valence electrons. The number of aromatic nitrogens is 1. The molecule has 0 atom stereocenters. The second-order valence-electron chi connectivity index (χ2n) is 6.12. The molecule has 0 aliphatic carbocycles. The van der Waals surface area contributed by atoms with E-state index < -0.39 is 17.6 Å². The van der Waals surface area contributed by atoms with E-state index in [9.17, 15) is 18.8 Å². The highest BCUT2D eigenvalue weighted by molar-refractivity contribution is 7.14. The van der Waals surface area contributed by atoms with Crippen LogP contribution in [0.5, 0.6) is 0 Å². The van der Waals surface area contributed by atoms with E-state index in [0.717, 1.165) is 11.3 Å². The van der Waals surface area contributed by atoms with Crippen molar-refractivity contribution in [3.05, 3.63) is 77.1 Å². The zero-order chi connectivity index (χ0) is 21.7. The average molecular weight is 424 g/mol. The number of nitrogens with one attached hydrogen (secondary N) is 1. The Hall–Kier alpha value is -3.85. The number of nitrogens with zero attached hydrogens (tertiary/aromatic N) is 2. The van der Waals surface area contributed by atoms with Gasteiger partial charge in [0.15, 0.2) is 5.13 Å². The highest BCUT2D eigenvalue weighted by Gasteiger charge is 2.20. The van der Waals surface area contributed by atoms with E-state index in [0.29, 0.717) is 16.9 Å².